The van der Waals surface area contributed by atoms with E-state index in [0.717, 1.165) is 48.3 Å². The number of ketones is 1. The number of hydrogen-bond donors (Lipinski definition) is 1. The van der Waals surface area contributed by atoms with Gasteiger partial charge in [0.15, 0.2) is 10.9 Å². The number of anilines is 1. The fourth-order valence-corrected chi connectivity index (χ4v) is 2.84. The molecule has 0 saturated carbocycles. The molecule has 0 radical (unpaired) electrons. The second-order valence-corrected chi connectivity index (χ2v) is 5.56. The molecule has 1 aromatic rings. The molecule has 5 heteroatoms. The second kappa shape index (κ2) is 8.27. The van der Waals surface area contributed by atoms with E-state index in [4.69, 9.17) is 0 Å². The van der Waals surface area contributed by atoms with Gasteiger partial charge in [-0.1, -0.05) is 32.1 Å². The molecule has 19 heavy (non-hydrogen) atoms. The molecular weight excluding hydrogens is 258 g/mol. The van der Waals surface area contributed by atoms with Gasteiger partial charge in [0.05, 0.1) is 10.6 Å². The Bertz CT molecular complexity index is 399. The minimum Gasteiger partial charge on any atom is -0.362 e. The SMILES string of the molecule is CCCNc1nc(C)c(C(=O)CCN(CC)CC)s1. The van der Waals surface area contributed by atoms with Crippen LogP contribution in [0.15, 0.2) is 0 Å². The third-order valence-corrected chi connectivity index (χ3v) is 4.28. The van der Waals surface area contributed by atoms with Gasteiger partial charge in [-0.25, -0.2) is 4.98 Å². The van der Waals surface area contributed by atoms with Gasteiger partial charge < -0.3 is 10.2 Å². The van der Waals surface area contributed by atoms with Crippen molar-refractivity contribution in [1.82, 2.24) is 9.88 Å². The Hall–Kier alpha value is -0.940. The highest BCUT2D eigenvalue weighted by Crippen LogP contribution is 2.23. The van der Waals surface area contributed by atoms with E-state index in [1.54, 1.807) is 0 Å². The average molecular weight is 283 g/mol. The standard InChI is InChI=1S/C14H25N3OS/c1-5-9-15-14-16-11(4)13(19-14)12(18)8-10-17(6-2)7-3/h5-10H2,1-4H3,(H,15,16). The first-order valence-corrected chi connectivity index (χ1v) is 7.90. The quantitative estimate of drug-likeness (QED) is 0.707. The lowest BCUT2D eigenvalue weighted by atomic mass is 10.2. The van der Waals surface area contributed by atoms with Crippen LogP contribution in [0.2, 0.25) is 0 Å². The Labute approximate surface area is 120 Å². The fourth-order valence-electron chi connectivity index (χ4n) is 1.88. The normalized spacial score (nSPS) is 11.0. The molecule has 4 nitrogen and oxygen atoms in total. The Morgan fingerprint density at radius 2 is 2.00 bits per heavy atom. The van der Waals surface area contributed by atoms with Crippen LogP contribution in [0.4, 0.5) is 5.13 Å². The van der Waals surface area contributed by atoms with Crippen LogP contribution in [0.3, 0.4) is 0 Å². The molecule has 0 aliphatic rings. The molecule has 0 bridgehead atoms. The van der Waals surface area contributed by atoms with E-state index in [1.807, 2.05) is 6.92 Å². The average Bonchev–Trinajstić information content (AvgIpc) is 2.78. The number of nitrogens with zero attached hydrogens (tertiary/aromatic N) is 2. The van der Waals surface area contributed by atoms with Crippen molar-refractivity contribution in [3.63, 3.8) is 0 Å². The summed E-state index contributed by atoms with van der Waals surface area (Å²) in [5.41, 5.74) is 0.855. The van der Waals surface area contributed by atoms with Crippen LogP contribution in [0.25, 0.3) is 0 Å². The first-order valence-electron chi connectivity index (χ1n) is 7.09. The summed E-state index contributed by atoms with van der Waals surface area (Å²) in [5, 5.41) is 4.11. The zero-order chi connectivity index (χ0) is 14.3. The van der Waals surface area contributed by atoms with Crippen LogP contribution in [0, 0.1) is 6.92 Å². The van der Waals surface area contributed by atoms with Gasteiger partial charge in [-0.3, -0.25) is 4.79 Å². The summed E-state index contributed by atoms with van der Waals surface area (Å²) in [5.74, 6) is 0.214. The maximum atomic E-state index is 12.2. The monoisotopic (exact) mass is 283 g/mol. The molecule has 0 atom stereocenters. The molecule has 0 spiro atoms. The number of Topliss-reactive ketones (excluding diaryl/α,β-unsaturated/α-hetero) is 1. The first-order chi connectivity index (χ1) is 9.12. The summed E-state index contributed by atoms with van der Waals surface area (Å²) in [6.07, 6.45) is 1.64. The highest BCUT2D eigenvalue weighted by atomic mass is 32.1. The molecule has 1 rings (SSSR count). The smallest absolute Gasteiger partial charge is 0.183 e. The Morgan fingerprint density at radius 3 is 2.58 bits per heavy atom. The van der Waals surface area contributed by atoms with E-state index in [-0.39, 0.29) is 5.78 Å². The molecule has 0 amide bonds. The molecule has 0 aliphatic carbocycles. The number of nitrogens with one attached hydrogen (secondary N) is 1. The summed E-state index contributed by atoms with van der Waals surface area (Å²) < 4.78 is 0. The van der Waals surface area contributed by atoms with Gasteiger partial charge in [0.1, 0.15) is 0 Å². The van der Waals surface area contributed by atoms with Crippen molar-refractivity contribution in [1.29, 1.82) is 0 Å². The van der Waals surface area contributed by atoms with Gasteiger partial charge in [-0.2, -0.15) is 0 Å². The number of aromatic nitrogens is 1. The van der Waals surface area contributed by atoms with Crippen molar-refractivity contribution in [2.45, 2.75) is 40.5 Å². The molecule has 0 unspecified atom stereocenters. The predicted octanol–water partition coefficient (Wildman–Crippen LogP) is 3.19. The highest BCUT2D eigenvalue weighted by Gasteiger charge is 2.15. The Morgan fingerprint density at radius 1 is 1.32 bits per heavy atom. The van der Waals surface area contributed by atoms with Crippen LogP contribution in [-0.2, 0) is 0 Å². The minimum absolute atomic E-state index is 0.214. The van der Waals surface area contributed by atoms with Crippen molar-refractivity contribution in [3.8, 4) is 0 Å². The first kappa shape index (κ1) is 16.1. The van der Waals surface area contributed by atoms with E-state index in [9.17, 15) is 4.79 Å². The summed E-state index contributed by atoms with van der Waals surface area (Å²) >= 11 is 1.48. The van der Waals surface area contributed by atoms with Gasteiger partial charge in [0.2, 0.25) is 0 Å². The third kappa shape index (κ3) is 4.91. The molecular formula is C14H25N3OS. The lowest BCUT2D eigenvalue weighted by Crippen LogP contribution is -2.25. The summed E-state index contributed by atoms with van der Waals surface area (Å²) in [6.45, 7) is 12.0. The number of hydrogen-bond acceptors (Lipinski definition) is 5. The summed E-state index contributed by atoms with van der Waals surface area (Å²) in [7, 11) is 0. The fraction of sp³-hybridized carbons (Fsp3) is 0.714. The zero-order valence-electron chi connectivity index (χ0n) is 12.5. The molecule has 0 aliphatic heterocycles. The Kier molecular flexibility index (Phi) is 7.02. The van der Waals surface area contributed by atoms with Crippen molar-refractivity contribution in [2.75, 3.05) is 31.5 Å². The number of thiazole rings is 1. The van der Waals surface area contributed by atoms with E-state index < -0.39 is 0 Å². The number of rotatable bonds is 9. The molecule has 1 aromatic heterocycles. The lowest BCUT2D eigenvalue weighted by molar-refractivity contribution is 0.0969. The van der Waals surface area contributed by atoms with Crippen LogP contribution in [0.5, 0.6) is 0 Å². The van der Waals surface area contributed by atoms with Crippen LogP contribution >= 0.6 is 11.3 Å². The summed E-state index contributed by atoms with van der Waals surface area (Å²) in [6, 6.07) is 0. The Balaban J connectivity index is 2.58. The number of carbonyl (C=O) groups excluding carboxylic acids is 1. The number of aryl methyl sites for hydroxylation is 1. The largest absolute Gasteiger partial charge is 0.362 e. The van der Waals surface area contributed by atoms with Gasteiger partial charge >= 0.3 is 0 Å². The molecule has 1 N–H and O–H groups in total. The maximum Gasteiger partial charge on any atom is 0.183 e. The maximum absolute atomic E-state index is 12.2. The van der Waals surface area contributed by atoms with E-state index in [0.29, 0.717) is 6.42 Å². The van der Waals surface area contributed by atoms with Crippen molar-refractivity contribution < 1.29 is 4.79 Å². The van der Waals surface area contributed by atoms with Crippen molar-refractivity contribution in [2.24, 2.45) is 0 Å². The van der Waals surface area contributed by atoms with Crippen LogP contribution in [-0.4, -0.2) is 41.8 Å². The zero-order valence-corrected chi connectivity index (χ0v) is 13.3. The molecule has 1 heterocycles. The van der Waals surface area contributed by atoms with E-state index in [2.05, 4.69) is 36.0 Å². The van der Waals surface area contributed by atoms with Crippen molar-refractivity contribution >= 4 is 22.3 Å². The second-order valence-electron chi connectivity index (χ2n) is 4.56. The topological polar surface area (TPSA) is 45.2 Å². The van der Waals surface area contributed by atoms with Crippen LogP contribution in [0.1, 0.15) is 49.0 Å². The van der Waals surface area contributed by atoms with E-state index >= 15 is 0 Å². The van der Waals surface area contributed by atoms with Gasteiger partial charge in [0.25, 0.3) is 0 Å². The van der Waals surface area contributed by atoms with Gasteiger partial charge in [-0.15, -0.1) is 0 Å². The molecule has 0 aromatic carbocycles. The molecule has 0 saturated heterocycles. The molecule has 0 fully saturated rings. The molecule has 108 valence electrons. The predicted molar refractivity (Wildman–Crippen MR) is 82.4 cm³/mol. The van der Waals surface area contributed by atoms with Gasteiger partial charge in [-0.05, 0) is 26.4 Å². The van der Waals surface area contributed by atoms with Gasteiger partial charge in [0, 0.05) is 19.5 Å². The van der Waals surface area contributed by atoms with Crippen molar-refractivity contribution in [3.05, 3.63) is 10.6 Å². The third-order valence-electron chi connectivity index (χ3n) is 3.13. The minimum atomic E-state index is 0.214. The number of carbonyl (C=O) groups is 1. The van der Waals surface area contributed by atoms with E-state index in [1.165, 1.54) is 11.3 Å². The van der Waals surface area contributed by atoms with Crippen LogP contribution < -0.4 is 5.32 Å². The summed E-state index contributed by atoms with van der Waals surface area (Å²) in [4.78, 5) is 19.7. The lowest BCUT2D eigenvalue weighted by Gasteiger charge is -2.16. The highest BCUT2D eigenvalue weighted by molar-refractivity contribution is 7.17.